The third kappa shape index (κ3) is 2.25. The molecule has 0 spiro atoms. The van der Waals surface area contributed by atoms with Crippen molar-refractivity contribution in [3.05, 3.63) is 0 Å². The van der Waals surface area contributed by atoms with Gasteiger partial charge in [-0.25, -0.2) is 0 Å². The summed E-state index contributed by atoms with van der Waals surface area (Å²) in [6.07, 6.45) is 0.980. The average Bonchev–Trinajstić information content (AvgIpc) is 2.01. The van der Waals surface area contributed by atoms with Crippen LogP contribution in [0.1, 0.15) is 13.3 Å². The zero-order chi connectivity index (χ0) is 8.04. The summed E-state index contributed by atoms with van der Waals surface area (Å²) < 4.78 is 5.02. The molecule has 0 saturated carbocycles. The van der Waals surface area contributed by atoms with Gasteiger partial charge in [-0.15, -0.1) is 0 Å². The first-order chi connectivity index (χ1) is 4.74. The predicted octanol–water partition coefficient (Wildman–Crippen LogP) is -0.0534. The van der Waals surface area contributed by atoms with Crippen LogP contribution in [0.3, 0.4) is 0 Å². The van der Waals surface area contributed by atoms with Crippen LogP contribution in [0.15, 0.2) is 0 Å². The van der Waals surface area contributed by atoms with Crippen LogP contribution in [-0.2, 0) is 4.74 Å². The van der Waals surface area contributed by atoms with E-state index in [0.29, 0.717) is 19.7 Å². The van der Waals surface area contributed by atoms with Gasteiger partial charge in [0.25, 0.3) is 0 Å². The molecule has 0 rings (SSSR count). The van der Waals surface area contributed by atoms with Gasteiger partial charge in [0.2, 0.25) is 0 Å². The first kappa shape index (κ1) is 9.88. The smallest absolute Gasteiger partial charge is 0.0542 e. The van der Waals surface area contributed by atoms with Crippen LogP contribution in [0.25, 0.3) is 0 Å². The Morgan fingerprint density at radius 3 is 1.90 bits per heavy atom. The monoisotopic (exact) mass is 146 g/mol. The maximum atomic E-state index is 5.55. The molecule has 0 saturated heterocycles. The lowest BCUT2D eigenvalue weighted by molar-refractivity contribution is 0.0873. The molecule has 0 fully saturated rings. The van der Waals surface area contributed by atoms with Crippen LogP contribution in [0.4, 0.5) is 0 Å². The summed E-state index contributed by atoms with van der Waals surface area (Å²) in [5, 5.41) is 0. The molecule has 3 heteroatoms. The molecule has 0 amide bonds. The second-order valence-electron chi connectivity index (χ2n) is 2.69. The fourth-order valence-electron chi connectivity index (χ4n) is 0.898. The molecule has 0 heterocycles. The minimum absolute atomic E-state index is 0.00868. The van der Waals surface area contributed by atoms with Crippen molar-refractivity contribution in [1.82, 2.24) is 0 Å². The molecule has 0 aliphatic heterocycles. The summed E-state index contributed by atoms with van der Waals surface area (Å²) >= 11 is 0. The van der Waals surface area contributed by atoms with Crippen molar-refractivity contribution in [2.24, 2.45) is 16.9 Å². The Hall–Kier alpha value is -0.120. The largest absolute Gasteiger partial charge is 0.384 e. The van der Waals surface area contributed by atoms with E-state index in [4.69, 9.17) is 16.2 Å². The number of methoxy groups -OCH3 is 1. The first-order valence-corrected chi connectivity index (χ1v) is 3.63. The van der Waals surface area contributed by atoms with E-state index in [-0.39, 0.29) is 5.41 Å². The van der Waals surface area contributed by atoms with E-state index in [9.17, 15) is 0 Å². The summed E-state index contributed by atoms with van der Waals surface area (Å²) in [6, 6.07) is 0. The van der Waals surface area contributed by atoms with E-state index in [1.54, 1.807) is 7.11 Å². The van der Waals surface area contributed by atoms with Gasteiger partial charge >= 0.3 is 0 Å². The molecule has 3 nitrogen and oxygen atoms in total. The van der Waals surface area contributed by atoms with Crippen LogP contribution >= 0.6 is 0 Å². The van der Waals surface area contributed by atoms with Crippen molar-refractivity contribution < 1.29 is 4.74 Å². The lowest BCUT2D eigenvalue weighted by atomic mass is 9.86. The zero-order valence-electron chi connectivity index (χ0n) is 6.89. The van der Waals surface area contributed by atoms with Crippen LogP contribution in [0.2, 0.25) is 0 Å². The number of hydrogen-bond donors (Lipinski definition) is 2. The zero-order valence-corrected chi connectivity index (χ0v) is 6.89. The Balaban J connectivity index is 3.87. The van der Waals surface area contributed by atoms with E-state index in [0.717, 1.165) is 6.42 Å². The SMILES string of the molecule is CCC(CN)(CN)COC. The van der Waals surface area contributed by atoms with Gasteiger partial charge in [-0.3, -0.25) is 0 Å². The lowest BCUT2D eigenvalue weighted by Gasteiger charge is -2.28. The maximum Gasteiger partial charge on any atom is 0.0542 e. The molecule has 0 unspecified atom stereocenters. The highest BCUT2D eigenvalue weighted by atomic mass is 16.5. The van der Waals surface area contributed by atoms with Gasteiger partial charge in [0.1, 0.15) is 0 Å². The summed E-state index contributed by atoms with van der Waals surface area (Å²) in [5.74, 6) is 0. The number of nitrogens with two attached hydrogens (primary N) is 2. The maximum absolute atomic E-state index is 5.55. The molecular formula is C7H18N2O. The topological polar surface area (TPSA) is 61.3 Å². The standard InChI is InChI=1S/C7H18N2O/c1-3-7(4-8,5-9)6-10-2/h3-6,8-9H2,1-2H3. The summed E-state index contributed by atoms with van der Waals surface area (Å²) in [6.45, 7) is 3.96. The van der Waals surface area contributed by atoms with Crippen molar-refractivity contribution in [2.45, 2.75) is 13.3 Å². The van der Waals surface area contributed by atoms with Crippen LogP contribution < -0.4 is 11.5 Å². The highest BCUT2D eigenvalue weighted by molar-refractivity contribution is 4.79. The second kappa shape index (κ2) is 4.66. The molecule has 0 aliphatic carbocycles. The van der Waals surface area contributed by atoms with Crippen LogP contribution in [0, 0.1) is 5.41 Å². The molecule has 0 aromatic rings. The molecule has 0 aromatic carbocycles. The van der Waals surface area contributed by atoms with E-state index >= 15 is 0 Å². The van der Waals surface area contributed by atoms with Gasteiger partial charge in [-0.05, 0) is 6.42 Å². The Morgan fingerprint density at radius 1 is 1.30 bits per heavy atom. The second-order valence-corrected chi connectivity index (χ2v) is 2.69. The Bertz CT molecular complexity index is 73.4. The third-order valence-corrected chi connectivity index (χ3v) is 2.07. The quantitative estimate of drug-likeness (QED) is 0.571. The molecule has 62 valence electrons. The minimum Gasteiger partial charge on any atom is -0.384 e. The average molecular weight is 146 g/mol. The van der Waals surface area contributed by atoms with Crippen molar-refractivity contribution in [3.8, 4) is 0 Å². The molecule has 0 atom stereocenters. The van der Waals surface area contributed by atoms with Crippen molar-refractivity contribution in [1.29, 1.82) is 0 Å². The highest BCUT2D eigenvalue weighted by Gasteiger charge is 2.24. The third-order valence-electron chi connectivity index (χ3n) is 2.07. The van der Waals surface area contributed by atoms with Gasteiger partial charge in [0.15, 0.2) is 0 Å². The molecule has 4 N–H and O–H groups in total. The lowest BCUT2D eigenvalue weighted by Crippen LogP contribution is -2.41. The number of hydrogen-bond acceptors (Lipinski definition) is 3. The molecule has 0 aliphatic rings. The molecule has 0 aromatic heterocycles. The van der Waals surface area contributed by atoms with Crippen molar-refractivity contribution in [3.63, 3.8) is 0 Å². The van der Waals surface area contributed by atoms with E-state index in [1.807, 2.05) is 0 Å². The Morgan fingerprint density at radius 2 is 1.80 bits per heavy atom. The van der Waals surface area contributed by atoms with Crippen molar-refractivity contribution >= 4 is 0 Å². The molecular weight excluding hydrogens is 128 g/mol. The minimum atomic E-state index is 0.00868. The predicted molar refractivity (Wildman–Crippen MR) is 42.7 cm³/mol. The normalized spacial score (nSPS) is 12.0. The molecule has 10 heavy (non-hydrogen) atoms. The van der Waals surface area contributed by atoms with Crippen LogP contribution in [-0.4, -0.2) is 26.8 Å². The molecule has 0 bridgehead atoms. The molecule has 0 radical (unpaired) electrons. The summed E-state index contributed by atoms with van der Waals surface area (Å²) in [4.78, 5) is 0. The van der Waals surface area contributed by atoms with Crippen molar-refractivity contribution in [2.75, 3.05) is 26.8 Å². The number of ether oxygens (including phenoxy) is 1. The van der Waals surface area contributed by atoms with Gasteiger partial charge in [-0.2, -0.15) is 0 Å². The fourth-order valence-corrected chi connectivity index (χ4v) is 0.898. The first-order valence-electron chi connectivity index (χ1n) is 3.63. The van der Waals surface area contributed by atoms with Gasteiger partial charge in [0, 0.05) is 25.6 Å². The summed E-state index contributed by atoms with van der Waals surface area (Å²) in [5.41, 5.74) is 11.1. The Labute approximate surface area is 62.7 Å². The van der Waals surface area contributed by atoms with Gasteiger partial charge in [0.05, 0.1) is 6.61 Å². The van der Waals surface area contributed by atoms with E-state index < -0.39 is 0 Å². The number of rotatable bonds is 5. The highest BCUT2D eigenvalue weighted by Crippen LogP contribution is 2.17. The Kier molecular flexibility index (Phi) is 4.60. The van der Waals surface area contributed by atoms with E-state index in [1.165, 1.54) is 0 Å². The summed E-state index contributed by atoms with van der Waals surface area (Å²) in [7, 11) is 1.68. The fraction of sp³-hybridized carbons (Fsp3) is 1.00. The van der Waals surface area contributed by atoms with Gasteiger partial charge in [-0.1, -0.05) is 6.92 Å². The van der Waals surface area contributed by atoms with E-state index in [2.05, 4.69) is 6.92 Å². The van der Waals surface area contributed by atoms with Crippen LogP contribution in [0.5, 0.6) is 0 Å². The van der Waals surface area contributed by atoms with Gasteiger partial charge < -0.3 is 16.2 Å².